The molecule has 2 fully saturated rings. The number of esters is 1. The zero-order chi connectivity index (χ0) is 14.1. The standard InChI is InChI=1S/C16H19NO3/c1-2-20-16(19)10-6-8-11(9-7-10)17-15(18)14-12-4-3-5-13(12)14/h6-9,12-14H,2-5H2,1H3,(H,17,18). The molecule has 0 spiro atoms. The quantitative estimate of drug-likeness (QED) is 0.858. The summed E-state index contributed by atoms with van der Waals surface area (Å²) in [4.78, 5) is 23.6. The molecule has 0 saturated heterocycles. The van der Waals surface area contributed by atoms with Gasteiger partial charge in [0, 0.05) is 11.6 Å². The highest BCUT2D eigenvalue weighted by atomic mass is 16.5. The maximum atomic E-state index is 12.1. The average molecular weight is 273 g/mol. The van der Waals surface area contributed by atoms with Crippen molar-refractivity contribution in [1.29, 1.82) is 0 Å². The Hall–Kier alpha value is -1.84. The van der Waals surface area contributed by atoms with Crippen LogP contribution in [0.2, 0.25) is 0 Å². The Morgan fingerprint density at radius 2 is 1.85 bits per heavy atom. The van der Waals surface area contributed by atoms with Crippen LogP contribution in [0.3, 0.4) is 0 Å². The largest absolute Gasteiger partial charge is 0.462 e. The van der Waals surface area contributed by atoms with E-state index in [0.29, 0.717) is 24.0 Å². The van der Waals surface area contributed by atoms with Crippen LogP contribution in [0.5, 0.6) is 0 Å². The van der Waals surface area contributed by atoms with Gasteiger partial charge in [0.05, 0.1) is 12.2 Å². The van der Waals surface area contributed by atoms with Crippen molar-refractivity contribution >= 4 is 17.6 Å². The highest BCUT2D eigenvalue weighted by molar-refractivity contribution is 5.96. The van der Waals surface area contributed by atoms with Crippen LogP contribution >= 0.6 is 0 Å². The van der Waals surface area contributed by atoms with Crippen LogP contribution in [-0.2, 0) is 9.53 Å². The number of nitrogens with one attached hydrogen (secondary N) is 1. The fourth-order valence-corrected chi connectivity index (χ4v) is 3.34. The number of amides is 1. The monoisotopic (exact) mass is 273 g/mol. The van der Waals surface area contributed by atoms with Crippen molar-refractivity contribution in [2.24, 2.45) is 17.8 Å². The van der Waals surface area contributed by atoms with E-state index in [1.54, 1.807) is 31.2 Å². The molecule has 0 radical (unpaired) electrons. The minimum Gasteiger partial charge on any atom is -0.462 e. The minimum atomic E-state index is -0.331. The molecule has 1 amide bonds. The Balaban J connectivity index is 1.58. The zero-order valence-electron chi connectivity index (χ0n) is 11.6. The summed E-state index contributed by atoms with van der Waals surface area (Å²) >= 11 is 0. The summed E-state index contributed by atoms with van der Waals surface area (Å²) < 4.78 is 4.92. The van der Waals surface area contributed by atoms with Gasteiger partial charge < -0.3 is 10.1 Å². The van der Waals surface area contributed by atoms with Crippen molar-refractivity contribution in [3.8, 4) is 0 Å². The van der Waals surface area contributed by atoms with Crippen LogP contribution in [0.25, 0.3) is 0 Å². The smallest absolute Gasteiger partial charge is 0.338 e. The molecule has 2 atom stereocenters. The van der Waals surface area contributed by atoms with Gasteiger partial charge in [0.1, 0.15) is 0 Å². The molecule has 2 unspecified atom stereocenters. The van der Waals surface area contributed by atoms with Crippen molar-refractivity contribution in [3.05, 3.63) is 29.8 Å². The van der Waals surface area contributed by atoms with E-state index in [2.05, 4.69) is 5.32 Å². The normalized spacial score (nSPS) is 26.8. The molecular formula is C16H19NO3. The second kappa shape index (κ2) is 5.27. The molecule has 20 heavy (non-hydrogen) atoms. The molecule has 0 heterocycles. The number of benzene rings is 1. The fourth-order valence-electron chi connectivity index (χ4n) is 3.34. The molecule has 3 rings (SSSR count). The third kappa shape index (κ3) is 2.42. The summed E-state index contributed by atoms with van der Waals surface area (Å²) in [7, 11) is 0. The first kappa shape index (κ1) is 13.2. The number of carbonyl (C=O) groups is 2. The fraction of sp³-hybridized carbons (Fsp3) is 0.500. The van der Waals surface area contributed by atoms with E-state index < -0.39 is 0 Å². The molecule has 0 aliphatic heterocycles. The Morgan fingerprint density at radius 1 is 1.20 bits per heavy atom. The number of carbonyl (C=O) groups excluding carboxylic acids is 2. The first-order valence-corrected chi connectivity index (χ1v) is 7.28. The van der Waals surface area contributed by atoms with E-state index in [9.17, 15) is 9.59 Å². The molecule has 0 aromatic heterocycles. The van der Waals surface area contributed by atoms with Gasteiger partial charge in [-0.05, 0) is 55.9 Å². The Labute approximate surface area is 118 Å². The van der Waals surface area contributed by atoms with Crippen LogP contribution in [0, 0.1) is 17.8 Å². The zero-order valence-corrected chi connectivity index (χ0v) is 11.6. The second-order valence-electron chi connectivity index (χ2n) is 5.57. The summed E-state index contributed by atoms with van der Waals surface area (Å²) in [5, 5.41) is 2.94. The SMILES string of the molecule is CCOC(=O)c1ccc(NC(=O)C2C3CCCC32)cc1. The minimum absolute atomic E-state index is 0.128. The lowest BCUT2D eigenvalue weighted by atomic mass is 10.1. The highest BCUT2D eigenvalue weighted by Gasteiger charge is 2.56. The highest BCUT2D eigenvalue weighted by Crippen LogP contribution is 2.57. The van der Waals surface area contributed by atoms with Crippen molar-refractivity contribution in [2.75, 3.05) is 11.9 Å². The van der Waals surface area contributed by atoms with Crippen LogP contribution in [0.1, 0.15) is 36.5 Å². The van der Waals surface area contributed by atoms with Gasteiger partial charge in [0.15, 0.2) is 0 Å². The van der Waals surface area contributed by atoms with E-state index in [1.807, 2.05) is 0 Å². The van der Waals surface area contributed by atoms with E-state index in [1.165, 1.54) is 19.3 Å². The van der Waals surface area contributed by atoms with Crippen LogP contribution in [-0.4, -0.2) is 18.5 Å². The van der Waals surface area contributed by atoms with Gasteiger partial charge in [-0.2, -0.15) is 0 Å². The van der Waals surface area contributed by atoms with Gasteiger partial charge in [-0.25, -0.2) is 4.79 Å². The van der Waals surface area contributed by atoms with Crippen molar-refractivity contribution < 1.29 is 14.3 Å². The molecular weight excluding hydrogens is 254 g/mol. The van der Waals surface area contributed by atoms with Gasteiger partial charge in [0.25, 0.3) is 0 Å². The van der Waals surface area contributed by atoms with Gasteiger partial charge in [-0.15, -0.1) is 0 Å². The number of ether oxygens (including phenoxy) is 1. The van der Waals surface area contributed by atoms with Gasteiger partial charge in [-0.1, -0.05) is 6.42 Å². The lowest BCUT2D eigenvalue weighted by molar-refractivity contribution is -0.118. The van der Waals surface area contributed by atoms with Crippen LogP contribution in [0.4, 0.5) is 5.69 Å². The predicted molar refractivity (Wildman–Crippen MR) is 75.3 cm³/mol. The maximum absolute atomic E-state index is 12.1. The molecule has 106 valence electrons. The van der Waals surface area contributed by atoms with Crippen molar-refractivity contribution in [2.45, 2.75) is 26.2 Å². The molecule has 2 saturated carbocycles. The summed E-state index contributed by atoms with van der Waals surface area (Å²) in [6.45, 7) is 2.14. The lowest BCUT2D eigenvalue weighted by Gasteiger charge is -2.07. The number of anilines is 1. The number of fused-ring (bicyclic) bond motifs is 1. The van der Waals surface area contributed by atoms with E-state index >= 15 is 0 Å². The number of rotatable bonds is 4. The molecule has 4 heteroatoms. The second-order valence-corrected chi connectivity index (χ2v) is 5.57. The van der Waals surface area contributed by atoms with Crippen molar-refractivity contribution in [3.63, 3.8) is 0 Å². The Morgan fingerprint density at radius 3 is 2.45 bits per heavy atom. The first-order chi connectivity index (χ1) is 9.70. The van der Waals surface area contributed by atoms with Gasteiger partial charge in [-0.3, -0.25) is 4.79 Å². The topological polar surface area (TPSA) is 55.4 Å². The summed E-state index contributed by atoms with van der Waals surface area (Å²) in [6.07, 6.45) is 3.67. The maximum Gasteiger partial charge on any atom is 0.338 e. The Bertz CT molecular complexity index is 513. The third-order valence-corrected chi connectivity index (χ3v) is 4.37. The van der Waals surface area contributed by atoms with E-state index in [4.69, 9.17) is 4.74 Å². The third-order valence-electron chi connectivity index (χ3n) is 4.37. The predicted octanol–water partition coefficient (Wildman–Crippen LogP) is 2.85. The van der Waals surface area contributed by atoms with E-state index in [0.717, 1.165) is 5.69 Å². The van der Waals surface area contributed by atoms with Crippen LogP contribution < -0.4 is 5.32 Å². The van der Waals surface area contributed by atoms with Gasteiger partial charge >= 0.3 is 5.97 Å². The molecule has 2 aliphatic rings. The van der Waals surface area contributed by atoms with E-state index in [-0.39, 0.29) is 17.8 Å². The molecule has 2 aliphatic carbocycles. The molecule has 4 nitrogen and oxygen atoms in total. The van der Waals surface area contributed by atoms with Gasteiger partial charge in [0.2, 0.25) is 5.91 Å². The molecule has 0 bridgehead atoms. The first-order valence-electron chi connectivity index (χ1n) is 7.28. The van der Waals surface area contributed by atoms with Crippen molar-refractivity contribution in [1.82, 2.24) is 0 Å². The lowest BCUT2D eigenvalue weighted by Crippen LogP contribution is -2.16. The number of hydrogen-bond acceptors (Lipinski definition) is 3. The molecule has 1 aromatic rings. The number of hydrogen-bond donors (Lipinski definition) is 1. The molecule has 1 aromatic carbocycles. The van der Waals surface area contributed by atoms with Crippen LogP contribution in [0.15, 0.2) is 24.3 Å². The Kier molecular flexibility index (Phi) is 3.47. The summed E-state index contributed by atoms with van der Waals surface area (Å²) in [6, 6.07) is 6.87. The molecule has 1 N–H and O–H groups in total. The summed E-state index contributed by atoms with van der Waals surface area (Å²) in [5.74, 6) is 1.25. The summed E-state index contributed by atoms with van der Waals surface area (Å²) in [5.41, 5.74) is 1.25. The average Bonchev–Trinajstić information content (AvgIpc) is 2.94.